The van der Waals surface area contributed by atoms with Gasteiger partial charge < -0.3 is 23.7 Å². The smallest absolute Gasteiger partial charge is 0.273 e. The Labute approximate surface area is 167 Å². The molecule has 0 atom stereocenters. The van der Waals surface area contributed by atoms with Gasteiger partial charge >= 0.3 is 0 Å². The number of rotatable bonds is 7. The third-order valence-electron chi connectivity index (χ3n) is 4.39. The number of hydrogen-bond acceptors (Lipinski definition) is 6. The Balaban J connectivity index is 1.34. The van der Waals surface area contributed by atoms with Crippen molar-refractivity contribution in [1.29, 1.82) is 0 Å². The minimum absolute atomic E-state index is 0.152. The first-order valence-electron chi connectivity index (χ1n) is 9.06. The maximum absolute atomic E-state index is 12.3. The molecular weight excluding hydrogens is 372 g/mol. The number of carbonyl (C=O) groups is 1. The monoisotopic (exact) mass is 392 g/mol. The normalized spacial score (nSPS) is 10.8. The Kier molecular flexibility index (Phi) is 5.15. The SMILES string of the molecule is COc1cccc(OCc2cc(C(=O)NCc3cn4c(C)cccc4n3)no2)c1. The molecule has 3 aromatic heterocycles. The van der Waals surface area contributed by atoms with Crippen molar-refractivity contribution >= 4 is 11.6 Å². The predicted molar refractivity (Wildman–Crippen MR) is 105 cm³/mol. The first kappa shape index (κ1) is 18.5. The van der Waals surface area contributed by atoms with E-state index in [2.05, 4.69) is 15.5 Å². The van der Waals surface area contributed by atoms with Crippen LogP contribution < -0.4 is 14.8 Å². The number of nitrogens with one attached hydrogen (secondary N) is 1. The molecule has 0 fully saturated rings. The van der Waals surface area contributed by atoms with E-state index in [0.717, 1.165) is 17.0 Å². The molecule has 4 aromatic rings. The van der Waals surface area contributed by atoms with Crippen molar-refractivity contribution in [2.24, 2.45) is 0 Å². The molecule has 0 saturated heterocycles. The lowest BCUT2D eigenvalue weighted by molar-refractivity contribution is 0.0941. The lowest BCUT2D eigenvalue weighted by Crippen LogP contribution is -2.23. The number of pyridine rings is 1. The number of fused-ring (bicyclic) bond motifs is 1. The van der Waals surface area contributed by atoms with Crippen molar-refractivity contribution in [3.63, 3.8) is 0 Å². The topological polar surface area (TPSA) is 90.9 Å². The molecule has 29 heavy (non-hydrogen) atoms. The van der Waals surface area contributed by atoms with Crippen LogP contribution >= 0.6 is 0 Å². The molecule has 0 aliphatic carbocycles. The molecule has 0 bridgehead atoms. The van der Waals surface area contributed by atoms with Crippen molar-refractivity contribution in [1.82, 2.24) is 19.9 Å². The van der Waals surface area contributed by atoms with E-state index < -0.39 is 0 Å². The maximum Gasteiger partial charge on any atom is 0.273 e. The lowest BCUT2D eigenvalue weighted by Gasteiger charge is -2.05. The highest BCUT2D eigenvalue weighted by molar-refractivity contribution is 5.92. The highest BCUT2D eigenvalue weighted by Gasteiger charge is 2.14. The van der Waals surface area contributed by atoms with Crippen LogP contribution in [-0.4, -0.2) is 27.6 Å². The van der Waals surface area contributed by atoms with Crippen LogP contribution in [0.25, 0.3) is 5.65 Å². The summed E-state index contributed by atoms with van der Waals surface area (Å²) in [6, 6.07) is 14.7. The third kappa shape index (κ3) is 4.21. The second-order valence-electron chi connectivity index (χ2n) is 6.46. The number of ether oxygens (including phenoxy) is 2. The molecule has 1 amide bonds. The average Bonchev–Trinajstić information content (AvgIpc) is 3.38. The third-order valence-corrected chi connectivity index (χ3v) is 4.39. The van der Waals surface area contributed by atoms with Gasteiger partial charge in [0.1, 0.15) is 23.8 Å². The van der Waals surface area contributed by atoms with Gasteiger partial charge in [-0.05, 0) is 31.2 Å². The summed E-state index contributed by atoms with van der Waals surface area (Å²) in [4.78, 5) is 16.8. The van der Waals surface area contributed by atoms with Gasteiger partial charge in [-0.1, -0.05) is 17.3 Å². The Morgan fingerprint density at radius 1 is 1.17 bits per heavy atom. The average molecular weight is 392 g/mol. The molecule has 8 heteroatoms. The summed E-state index contributed by atoms with van der Waals surface area (Å²) < 4.78 is 18.0. The molecule has 1 aromatic carbocycles. The van der Waals surface area contributed by atoms with Gasteiger partial charge in [0.15, 0.2) is 11.5 Å². The fourth-order valence-corrected chi connectivity index (χ4v) is 2.88. The van der Waals surface area contributed by atoms with Crippen LogP contribution in [0.1, 0.15) is 27.6 Å². The van der Waals surface area contributed by atoms with Gasteiger partial charge in [-0.25, -0.2) is 4.98 Å². The van der Waals surface area contributed by atoms with E-state index in [9.17, 15) is 4.79 Å². The highest BCUT2D eigenvalue weighted by atomic mass is 16.5. The molecule has 0 saturated carbocycles. The molecular formula is C21H20N4O4. The molecule has 0 unspecified atom stereocenters. The van der Waals surface area contributed by atoms with Crippen LogP contribution in [0.3, 0.4) is 0 Å². The zero-order chi connectivity index (χ0) is 20.2. The standard InChI is InChI=1S/C21H20N4O4/c1-14-5-3-8-20-23-15(12-25(14)20)11-22-21(26)19-10-18(29-24-19)13-28-17-7-4-6-16(9-17)27-2/h3-10,12H,11,13H2,1-2H3,(H,22,26). The van der Waals surface area contributed by atoms with E-state index >= 15 is 0 Å². The summed E-state index contributed by atoms with van der Waals surface area (Å²) in [6.45, 7) is 2.45. The lowest BCUT2D eigenvalue weighted by atomic mass is 10.3. The Hall–Kier alpha value is -3.81. The van der Waals surface area contributed by atoms with Crippen molar-refractivity contribution in [3.8, 4) is 11.5 Å². The number of aryl methyl sites for hydroxylation is 1. The van der Waals surface area contributed by atoms with Crippen molar-refractivity contribution in [2.75, 3.05) is 7.11 Å². The number of nitrogens with zero attached hydrogens (tertiary/aromatic N) is 3. The molecule has 0 aliphatic heterocycles. The van der Waals surface area contributed by atoms with Crippen LogP contribution in [0.4, 0.5) is 0 Å². The molecule has 0 radical (unpaired) electrons. The minimum atomic E-state index is -0.338. The molecule has 1 N–H and O–H groups in total. The van der Waals surface area contributed by atoms with Crippen LogP contribution in [0.2, 0.25) is 0 Å². The summed E-state index contributed by atoms with van der Waals surface area (Å²) in [5, 5.41) is 6.62. The van der Waals surface area contributed by atoms with Gasteiger partial charge in [0.25, 0.3) is 5.91 Å². The number of aromatic nitrogens is 3. The number of benzene rings is 1. The second kappa shape index (κ2) is 8.05. The maximum atomic E-state index is 12.3. The van der Waals surface area contributed by atoms with E-state index in [1.807, 2.05) is 53.9 Å². The fourth-order valence-electron chi connectivity index (χ4n) is 2.88. The van der Waals surface area contributed by atoms with Gasteiger partial charge in [-0.15, -0.1) is 0 Å². The summed E-state index contributed by atoms with van der Waals surface area (Å²) in [6.07, 6.45) is 1.90. The molecule has 8 nitrogen and oxygen atoms in total. The first-order valence-corrected chi connectivity index (χ1v) is 9.06. The van der Waals surface area contributed by atoms with E-state index in [0.29, 0.717) is 23.8 Å². The van der Waals surface area contributed by atoms with Crippen LogP contribution in [0.5, 0.6) is 11.5 Å². The molecule has 3 heterocycles. The van der Waals surface area contributed by atoms with Crippen molar-refractivity contribution in [2.45, 2.75) is 20.1 Å². The number of methoxy groups -OCH3 is 1. The summed E-state index contributed by atoms with van der Waals surface area (Å²) >= 11 is 0. The summed E-state index contributed by atoms with van der Waals surface area (Å²) in [7, 11) is 1.59. The predicted octanol–water partition coefficient (Wildman–Crippen LogP) is 3.15. The van der Waals surface area contributed by atoms with Gasteiger partial charge in [-0.3, -0.25) is 4.79 Å². The zero-order valence-corrected chi connectivity index (χ0v) is 16.1. The second-order valence-corrected chi connectivity index (χ2v) is 6.46. The van der Waals surface area contributed by atoms with Gasteiger partial charge in [-0.2, -0.15) is 0 Å². The number of carbonyl (C=O) groups excluding carboxylic acids is 1. The Morgan fingerprint density at radius 3 is 2.83 bits per heavy atom. The Bertz CT molecular complexity index is 1150. The van der Waals surface area contributed by atoms with E-state index in [1.165, 1.54) is 0 Å². The number of amides is 1. The largest absolute Gasteiger partial charge is 0.497 e. The van der Waals surface area contributed by atoms with Crippen LogP contribution in [0.15, 0.2) is 59.3 Å². The zero-order valence-electron chi connectivity index (χ0n) is 16.1. The molecule has 148 valence electrons. The Morgan fingerprint density at radius 2 is 2.00 bits per heavy atom. The number of imidazole rings is 1. The minimum Gasteiger partial charge on any atom is -0.497 e. The van der Waals surface area contributed by atoms with Crippen molar-refractivity contribution in [3.05, 3.63) is 77.6 Å². The first-order chi connectivity index (χ1) is 14.1. The van der Waals surface area contributed by atoms with E-state index in [-0.39, 0.29) is 18.2 Å². The van der Waals surface area contributed by atoms with Gasteiger partial charge in [0.05, 0.1) is 19.3 Å². The summed E-state index contributed by atoms with van der Waals surface area (Å²) in [5.74, 6) is 1.44. The van der Waals surface area contributed by atoms with Gasteiger partial charge in [0.2, 0.25) is 0 Å². The number of hydrogen-bond donors (Lipinski definition) is 1. The van der Waals surface area contributed by atoms with Gasteiger partial charge in [0, 0.05) is 24.0 Å². The quantitative estimate of drug-likeness (QED) is 0.520. The van der Waals surface area contributed by atoms with Crippen molar-refractivity contribution < 1.29 is 18.8 Å². The molecule has 4 rings (SSSR count). The van der Waals surface area contributed by atoms with Crippen LogP contribution in [-0.2, 0) is 13.2 Å². The highest BCUT2D eigenvalue weighted by Crippen LogP contribution is 2.20. The fraction of sp³-hybridized carbons (Fsp3) is 0.190. The molecule has 0 aliphatic rings. The van der Waals surface area contributed by atoms with E-state index in [4.69, 9.17) is 14.0 Å². The van der Waals surface area contributed by atoms with Crippen LogP contribution in [0, 0.1) is 6.92 Å². The molecule has 0 spiro atoms. The summed E-state index contributed by atoms with van der Waals surface area (Å²) in [5.41, 5.74) is 2.87. The van der Waals surface area contributed by atoms with E-state index in [1.54, 1.807) is 19.2 Å².